The first-order valence-electron chi connectivity index (χ1n) is 12.4. The highest BCUT2D eigenvalue weighted by atomic mass is 16.3. The van der Waals surface area contributed by atoms with Crippen LogP contribution >= 0.6 is 0 Å². The third kappa shape index (κ3) is 5.14. The molecule has 1 fully saturated rings. The van der Waals surface area contributed by atoms with Gasteiger partial charge in [-0.05, 0) is 55.8 Å². The van der Waals surface area contributed by atoms with Crippen LogP contribution in [0.2, 0.25) is 0 Å². The summed E-state index contributed by atoms with van der Waals surface area (Å²) in [5.41, 5.74) is 2.35. The van der Waals surface area contributed by atoms with Crippen LogP contribution in [0.25, 0.3) is 34.4 Å². The Morgan fingerprint density at radius 2 is 1.61 bits per heavy atom. The fourth-order valence-electron chi connectivity index (χ4n) is 4.53. The summed E-state index contributed by atoms with van der Waals surface area (Å²) in [5, 5.41) is 27.8. The molecule has 0 saturated carbocycles. The summed E-state index contributed by atoms with van der Waals surface area (Å²) in [7, 11) is 0. The SMILES string of the molecule is CC(C)(O)C(=O)N1CCN(C(=O)c2cc(-c3ccc(O)cc3)nc3n[nH]c(/C=C/c4ccccc4)c23)CC1. The number of pyridine rings is 1. The van der Waals surface area contributed by atoms with Crippen molar-refractivity contribution in [1.29, 1.82) is 0 Å². The average Bonchev–Trinajstić information content (AvgIpc) is 3.34. The number of aromatic amines is 1. The number of aromatic nitrogens is 3. The summed E-state index contributed by atoms with van der Waals surface area (Å²) < 4.78 is 0. The Labute approximate surface area is 220 Å². The Morgan fingerprint density at radius 1 is 0.947 bits per heavy atom. The normalized spacial score (nSPS) is 14.4. The number of phenolic OH excluding ortho intramolecular Hbond substituents is 1. The molecule has 194 valence electrons. The zero-order chi connectivity index (χ0) is 26.9. The number of carbonyl (C=O) groups is 2. The molecule has 0 bridgehead atoms. The van der Waals surface area contributed by atoms with Gasteiger partial charge in [-0.3, -0.25) is 14.7 Å². The predicted molar refractivity (Wildman–Crippen MR) is 145 cm³/mol. The van der Waals surface area contributed by atoms with E-state index in [1.54, 1.807) is 40.1 Å². The van der Waals surface area contributed by atoms with Crippen LogP contribution in [0.5, 0.6) is 5.75 Å². The quantitative estimate of drug-likeness (QED) is 0.377. The summed E-state index contributed by atoms with van der Waals surface area (Å²) in [6.07, 6.45) is 3.82. The smallest absolute Gasteiger partial charge is 0.254 e. The number of nitrogens with zero attached hydrogens (tertiary/aromatic N) is 4. The minimum atomic E-state index is -1.46. The molecule has 2 aromatic carbocycles. The highest BCUT2D eigenvalue weighted by molar-refractivity contribution is 6.09. The molecule has 1 saturated heterocycles. The molecule has 0 atom stereocenters. The topological polar surface area (TPSA) is 123 Å². The van der Waals surface area contributed by atoms with Crippen LogP contribution in [0.1, 0.15) is 35.5 Å². The van der Waals surface area contributed by atoms with Gasteiger partial charge < -0.3 is 20.0 Å². The molecule has 2 amide bonds. The number of rotatable bonds is 5. The van der Waals surface area contributed by atoms with Gasteiger partial charge in [0.1, 0.15) is 11.4 Å². The lowest BCUT2D eigenvalue weighted by Gasteiger charge is -2.37. The Hall–Kier alpha value is -4.50. The van der Waals surface area contributed by atoms with Gasteiger partial charge >= 0.3 is 0 Å². The maximum atomic E-state index is 13.9. The molecule has 4 aromatic rings. The van der Waals surface area contributed by atoms with E-state index in [2.05, 4.69) is 10.2 Å². The highest BCUT2D eigenvalue weighted by Crippen LogP contribution is 2.29. The van der Waals surface area contributed by atoms with E-state index in [0.29, 0.717) is 54.2 Å². The van der Waals surface area contributed by atoms with Gasteiger partial charge in [0.25, 0.3) is 11.8 Å². The third-order valence-corrected chi connectivity index (χ3v) is 6.56. The number of nitrogens with one attached hydrogen (secondary N) is 1. The fraction of sp³-hybridized carbons (Fsp3) is 0.241. The number of phenols is 1. The molecule has 9 nitrogen and oxygen atoms in total. The van der Waals surface area contributed by atoms with E-state index >= 15 is 0 Å². The highest BCUT2D eigenvalue weighted by Gasteiger charge is 2.33. The van der Waals surface area contributed by atoms with Crippen molar-refractivity contribution < 1.29 is 19.8 Å². The lowest BCUT2D eigenvalue weighted by Crippen LogP contribution is -2.55. The Kier molecular flexibility index (Phi) is 6.69. The largest absolute Gasteiger partial charge is 0.508 e. The lowest BCUT2D eigenvalue weighted by molar-refractivity contribution is -0.149. The van der Waals surface area contributed by atoms with Crippen molar-refractivity contribution >= 4 is 35.0 Å². The van der Waals surface area contributed by atoms with Crippen LogP contribution in [0.4, 0.5) is 0 Å². The van der Waals surface area contributed by atoms with E-state index in [9.17, 15) is 19.8 Å². The van der Waals surface area contributed by atoms with Crippen molar-refractivity contribution in [3.8, 4) is 17.0 Å². The molecule has 2 aromatic heterocycles. The van der Waals surface area contributed by atoms with E-state index in [4.69, 9.17) is 4.98 Å². The number of aromatic hydroxyl groups is 1. The standard InChI is InChI=1S/C29H29N5O4/c1-29(2,38)28(37)34-16-14-33(15-17-34)27(36)22-18-24(20-9-11-21(35)12-10-20)30-26-25(22)23(31-32-26)13-8-19-6-4-3-5-7-19/h3-13,18,35,38H,14-17H2,1-2H3,(H,30,31,32)/b13-8+. The molecule has 0 radical (unpaired) electrons. The molecule has 1 aliphatic rings. The number of fused-ring (bicyclic) bond motifs is 1. The second kappa shape index (κ2) is 10.1. The third-order valence-electron chi connectivity index (χ3n) is 6.56. The number of benzene rings is 2. The van der Waals surface area contributed by atoms with Crippen molar-refractivity contribution in [3.63, 3.8) is 0 Å². The number of carbonyl (C=O) groups excluding carboxylic acids is 2. The molecule has 1 aliphatic heterocycles. The van der Waals surface area contributed by atoms with Crippen LogP contribution in [0.3, 0.4) is 0 Å². The van der Waals surface area contributed by atoms with Crippen molar-refractivity contribution in [2.75, 3.05) is 26.2 Å². The number of hydrogen-bond donors (Lipinski definition) is 3. The summed E-state index contributed by atoms with van der Waals surface area (Å²) in [6.45, 7) is 4.28. The van der Waals surface area contributed by atoms with E-state index in [1.807, 2.05) is 42.5 Å². The molecule has 3 N–H and O–H groups in total. The fourth-order valence-corrected chi connectivity index (χ4v) is 4.53. The maximum Gasteiger partial charge on any atom is 0.254 e. The number of aliphatic hydroxyl groups is 1. The van der Waals surface area contributed by atoms with Crippen LogP contribution in [0.15, 0.2) is 60.7 Å². The van der Waals surface area contributed by atoms with Gasteiger partial charge in [-0.25, -0.2) is 4.98 Å². The van der Waals surface area contributed by atoms with Crippen molar-refractivity contribution in [2.24, 2.45) is 0 Å². The van der Waals surface area contributed by atoms with Gasteiger partial charge in [0, 0.05) is 31.7 Å². The van der Waals surface area contributed by atoms with Crippen LogP contribution in [-0.4, -0.2) is 78.8 Å². The van der Waals surface area contributed by atoms with E-state index in [1.165, 1.54) is 13.8 Å². The molecule has 3 heterocycles. The molecule has 0 unspecified atom stereocenters. The zero-order valence-corrected chi connectivity index (χ0v) is 21.3. The van der Waals surface area contributed by atoms with Crippen LogP contribution in [-0.2, 0) is 4.79 Å². The van der Waals surface area contributed by atoms with Crippen molar-refractivity contribution in [3.05, 3.63) is 77.5 Å². The molecule has 38 heavy (non-hydrogen) atoms. The Morgan fingerprint density at radius 3 is 2.26 bits per heavy atom. The van der Waals surface area contributed by atoms with Crippen molar-refractivity contribution in [2.45, 2.75) is 19.4 Å². The molecule has 0 spiro atoms. The number of H-pyrrole nitrogens is 1. The van der Waals surface area contributed by atoms with Gasteiger partial charge in [-0.1, -0.05) is 36.4 Å². The van der Waals surface area contributed by atoms with E-state index in [-0.39, 0.29) is 17.6 Å². The summed E-state index contributed by atoms with van der Waals surface area (Å²) in [5.74, 6) is -0.407. The second-order valence-corrected chi connectivity index (χ2v) is 9.83. The second-order valence-electron chi connectivity index (χ2n) is 9.83. The first-order chi connectivity index (χ1) is 18.2. The zero-order valence-electron chi connectivity index (χ0n) is 21.3. The average molecular weight is 512 g/mol. The first kappa shape index (κ1) is 25.2. The molecule has 0 aliphatic carbocycles. The van der Waals surface area contributed by atoms with Crippen LogP contribution in [0, 0.1) is 0 Å². The number of piperazine rings is 1. The lowest BCUT2D eigenvalue weighted by atomic mass is 10.0. The first-order valence-corrected chi connectivity index (χ1v) is 12.4. The van der Waals surface area contributed by atoms with E-state index in [0.717, 1.165) is 11.1 Å². The van der Waals surface area contributed by atoms with Gasteiger partial charge in [0.15, 0.2) is 5.65 Å². The minimum absolute atomic E-state index is 0.137. The monoisotopic (exact) mass is 511 g/mol. The maximum absolute atomic E-state index is 13.9. The molecule has 9 heteroatoms. The molecule has 5 rings (SSSR count). The van der Waals surface area contributed by atoms with Gasteiger partial charge in [-0.2, -0.15) is 5.10 Å². The van der Waals surface area contributed by atoms with Gasteiger partial charge in [0.2, 0.25) is 0 Å². The van der Waals surface area contributed by atoms with Gasteiger partial charge in [0.05, 0.1) is 22.3 Å². The number of amides is 2. The van der Waals surface area contributed by atoms with Crippen LogP contribution < -0.4 is 0 Å². The molecular weight excluding hydrogens is 482 g/mol. The summed E-state index contributed by atoms with van der Waals surface area (Å²) >= 11 is 0. The Balaban J connectivity index is 1.52. The summed E-state index contributed by atoms with van der Waals surface area (Å²) in [4.78, 5) is 34.4. The van der Waals surface area contributed by atoms with Gasteiger partial charge in [-0.15, -0.1) is 0 Å². The molecular formula is C29H29N5O4. The predicted octanol–water partition coefficient (Wildman–Crippen LogP) is 3.56. The number of hydrogen-bond acceptors (Lipinski definition) is 6. The Bertz CT molecular complexity index is 1500. The summed E-state index contributed by atoms with van der Waals surface area (Å²) in [6, 6.07) is 18.2. The minimum Gasteiger partial charge on any atom is -0.508 e. The van der Waals surface area contributed by atoms with Crippen molar-refractivity contribution in [1.82, 2.24) is 25.0 Å². The van der Waals surface area contributed by atoms with E-state index < -0.39 is 5.60 Å².